The molecule has 0 unspecified atom stereocenters. The summed E-state index contributed by atoms with van der Waals surface area (Å²) in [6.45, 7) is 9.25. The van der Waals surface area contributed by atoms with Crippen molar-refractivity contribution in [3.8, 4) is 0 Å². The van der Waals surface area contributed by atoms with Crippen molar-refractivity contribution in [1.82, 2.24) is 5.12 Å². The molecule has 1 nitrogen and oxygen atoms in total. The molecule has 0 spiro atoms. The average molecular weight is 203 g/mol. The molecule has 1 saturated carbocycles. The van der Waals surface area contributed by atoms with E-state index < -0.39 is 0 Å². The van der Waals surface area contributed by atoms with Crippen molar-refractivity contribution in [2.75, 3.05) is 13.1 Å². The highest BCUT2D eigenvalue weighted by Crippen LogP contribution is 2.46. The van der Waals surface area contributed by atoms with E-state index in [1.54, 1.807) is 0 Å². The predicted molar refractivity (Wildman–Crippen MR) is 60.9 cm³/mol. The Morgan fingerprint density at radius 2 is 1.79 bits per heavy atom. The Morgan fingerprint density at radius 3 is 2.07 bits per heavy atom. The monoisotopic (exact) mass is 203 g/mol. The van der Waals surface area contributed by atoms with Gasteiger partial charge in [-0.1, -0.05) is 33.6 Å². The molecule has 0 N–H and O–H groups in total. The second-order valence-electron chi connectivity index (χ2n) is 3.96. The van der Waals surface area contributed by atoms with Gasteiger partial charge in [-0.3, -0.25) is 0 Å². The maximum Gasteiger partial charge on any atom is 0.0295 e. The first-order chi connectivity index (χ1) is 6.72. The fraction of sp³-hybridized carbons (Fsp3) is 1.00. The van der Waals surface area contributed by atoms with E-state index in [1.807, 2.05) is 20.8 Å². The molecule has 1 aliphatic rings. The van der Waals surface area contributed by atoms with Crippen LogP contribution < -0.4 is 0 Å². The molecule has 0 heterocycles. The SMILES string of the molecule is CC.CCN(F)CCC1(CC)CCC1. The first-order valence-electron chi connectivity index (χ1n) is 6.13. The number of nitrogens with zero attached hydrogens (tertiary/aromatic N) is 1. The molecule has 0 aromatic rings. The van der Waals surface area contributed by atoms with E-state index >= 15 is 0 Å². The smallest absolute Gasteiger partial charge is 0.0295 e. The maximum atomic E-state index is 12.8. The third-order valence-electron chi connectivity index (χ3n) is 3.39. The van der Waals surface area contributed by atoms with E-state index in [2.05, 4.69) is 6.92 Å². The van der Waals surface area contributed by atoms with Crippen LogP contribution in [-0.2, 0) is 0 Å². The van der Waals surface area contributed by atoms with E-state index in [1.165, 1.54) is 25.7 Å². The third-order valence-corrected chi connectivity index (χ3v) is 3.39. The number of rotatable bonds is 5. The summed E-state index contributed by atoms with van der Waals surface area (Å²) < 4.78 is 12.8. The summed E-state index contributed by atoms with van der Waals surface area (Å²) in [5, 5.41) is 0.926. The average Bonchev–Trinajstić information content (AvgIpc) is 2.19. The maximum absolute atomic E-state index is 12.8. The van der Waals surface area contributed by atoms with Gasteiger partial charge >= 0.3 is 0 Å². The quantitative estimate of drug-likeness (QED) is 0.606. The zero-order valence-corrected chi connectivity index (χ0v) is 10.3. The van der Waals surface area contributed by atoms with Gasteiger partial charge in [0, 0.05) is 13.1 Å². The molecule has 0 aromatic heterocycles. The van der Waals surface area contributed by atoms with Crippen LogP contribution in [0, 0.1) is 5.41 Å². The molecule has 2 heteroatoms. The molecular weight excluding hydrogens is 177 g/mol. The Hall–Kier alpha value is -0.110. The highest BCUT2D eigenvalue weighted by atomic mass is 19.2. The minimum absolute atomic E-state index is 0.513. The summed E-state index contributed by atoms with van der Waals surface area (Å²) >= 11 is 0. The molecule has 86 valence electrons. The molecule has 1 fully saturated rings. The van der Waals surface area contributed by atoms with Crippen molar-refractivity contribution in [1.29, 1.82) is 0 Å². The molecule has 1 rings (SSSR count). The summed E-state index contributed by atoms with van der Waals surface area (Å²) in [6, 6.07) is 0. The molecule has 0 aliphatic heterocycles. The molecule has 0 saturated heterocycles. The lowest BCUT2D eigenvalue weighted by Gasteiger charge is -2.41. The van der Waals surface area contributed by atoms with Crippen molar-refractivity contribution in [3.05, 3.63) is 0 Å². The Balaban J connectivity index is 0.000000791. The summed E-state index contributed by atoms with van der Waals surface area (Å²) in [5.74, 6) is 0. The van der Waals surface area contributed by atoms with Crippen LogP contribution in [0.15, 0.2) is 0 Å². The Morgan fingerprint density at radius 1 is 1.21 bits per heavy atom. The van der Waals surface area contributed by atoms with E-state index in [0.717, 1.165) is 11.5 Å². The van der Waals surface area contributed by atoms with Crippen molar-refractivity contribution < 1.29 is 4.48 Å². The first-order valence-corrected chi connectivity index (χ1v) is 6.13. The van der Waals surface area contributed by atoms with Crippen LogP contribution in [-0.4, -0.2) is 18.2 Å². The molecule has 0 atom stereocenters. The van der Waals surface area contributed by atoms with Gasteiger partial charge in [-0.05, 0) is 31.6 Å². The summed E-state index contributed by atoms with van der Waals surface area (Å²) in [7, 11) is 0. The van der Waals surface area contributed by atoms with Gasteiger partial charge in [0.15, 0.2) is 0 Å². The molecule has 0 bridgehead atoms. The van der Waals surface area contributed by atoms with Crippen LogP contribution in [0.25, 0.3) is 0 Å². The Bertz CT molecular complexity index is 127. The van der Waals surface area contributed by atoms with Crippen LogP contribution in [0.1, 0.15) is 59.8 Å². The molecule has 1 aliphatic carbocycles. The van der Waals surface area contributed by atoms with Crippen LogP contribution in [0.4, 0.5) is 4.48 Å². The minimum atomic E-state index is 0.513. The van der Waals surface area contributed by atoms with Gasteiger partial charge < -0.3 is 0 Å². The molecule has 0 radical (unpaired) electrons. The van der Waals surface area contributed by atoms with Gasteiger partial charge in [-0.2, -0.15) is 0 Å². The second kappa shape index (κ2) is 7.22. The van der Waals surface area contributed by atoms with E-state index in [9.17, 15) is 4.48 Å². The molecule has 0 amide bonds. The second-order valence-corrected chi connectivity index (χ2v) is 3.96. The predicted octanol–water partition coefficient (Wildman–Crippen LogP) is 4.19. The van der Waals surface area contributed by atoms with Gasteiger partial charge in [-0.25, -0.2) is 0 Å². The van der Waals surface area contributed by atoms with Crippen molar-refractivity contribution in [3.63, 3.8) is 0 Å². The van der Waals surface area contributed by atoms with Crippen LogP contribution >= 0.6 is 0 Å². The number of halogens is 1. The van der Waals surface area contributed by atoms with Gasteiger partial charge in [0.2, 0.25) is 0 Å². The normalized spacial score (nSPS) is 18.4. The lowest BCUT2D eigenvalue weighted by atomic mass is 9.65. The number of hydrogen-bond acceptors (Lipinski definition) is 1. The Kier molecular flexibility index (Phi) is 7.16. The zero-order chi connectivity index (χ0) is 11.0. The van der Waals surface area contributed by atoms with Gasteiger partial charge in [-0.15, -0.1) is 9.60 Å². The van der Waals surface area contributed by atoms with E-state index in [-0.39, 0.29) is 0 Å². The topological polar surface area (TPSA) is 3.24 Å². The van der Waals surface area contributed by atoms with E-state index in [4.69, 9.17) is 0 Å². The van der Waals surface area contributed by atoms with Crippen molar-refractivity contribution in [2.45, 2.75) is 59.8 Å². The first kappa shape index (κ1) is 13.9. The third kappa shape index (κ3) is 3.95. The standard InChI is InChI=1S/C10H20FN.C2H6/c1-3-10(6-5-7-10)8-9-12(11)4-2;1-2/h3-9H2,1-2H3;1-2H3. The largest absolute Gasteiger partial charge is 0.147 e. The van der Waals surface area contributed by atoms with Crippen LogP contribution in [0.3, 0.4) is 0 Å². The molecule has 0 aromatic carbocycles. The lowest BCUT2D eigenvalue weighted by Crippen LogP contribution is -2.32. The highest BCUT2D eigenvalue weighted by Gasteiger charge is 2.34. The minimum Gasteiger partial charge on any atom is -0.147 e. The summed E-state index contributed by atoms with van der Waals surface area (Å²) in [4.78, 5) is 0. The van der Waals surface area contributed by atoms with Gasteiger partial charge in [0.1, 0.15) is 0 Å². The Labute approximate surface area is 88.6 Å². The lowest BCUT2D eigenvalue weighted by molar-refractivity contribution is -0.000452. The fourth-order valence-electron chi connectivity index (χ4n) is 1.97. The summed E-state index contributed by atoms with van der Waals surface area (Å²) in [5.41, 5.74) is 0.513. The van der Waals surface area contributed by atoms with E-state index in [0.29, 0.717) is 18.5 Å². The molecule has 14 heavy (non-hydrogen) atoms. The summed E-state index contributed by atoms with van der Waals surface area (Å²) in [6.07, 6.45) is 6.27. The molecular formula is C12H26FN. The van der Waals surface area contributed by atoms with Crippen molar-refractivity contribution >= 4 is 0 Å². The number of hydrogen-bond donors (Lipinski definition) is 0. The van der Waals surface area contributed by atoms with Crippen LogP contribution in [0.5, 0.6) is 0 Å². The fourth-order valence-corrected chi connectivity index (χ4v) is 1.97. The van der Waals surface area contributed by atoms with Gasteiger partial charge in [0.25, 0.3) is 0 Å². The van der Waals surface area contributed by atoms with Crippen molar-refractivity contribution in [2.24, 2.45) is 5.41 Å². The van der Waals surface area contributed by atoms with Crippen LogP contribution in [0.2, 0.25) is 0 Å². The highest BCUT2D eigenvalue weighted by molar-refractivity contribution is 4.86. The zero-order valence-electron chi connectivity index (χ0n) is 10.3. The van der Waals surface area contributed by atoms with Gasteiger partial charge in [0.05, 0.1) is 0 Å².